The van der Waals surface area contributed by atoms with Gasteiger partial charge in [0.15, 0.2) is 0 Å². The first-order valence-electron chi connectivity index (χ1n) is 8.70. The van der Waals surface area contributed by atoms with E-state index in [-0.39, 0.29) is 12.1 Å². The summed E-state index contributed by atoms with van der Waals surface area (Å²) < 4.78 is 5.81. The van der Waals surface area contributed by atoms with Crippen molar-refractivity contribution >= 4 is 23.8 Å². The zero-order valence-corrected chi connectivity index (χ0v) is 14.7. The van der Waals surface area contributed by atoms with Crippen LogP contribution in [-0.2, 0) is 0 Å². The normalized spacial score (nSPS) is 17.6. The zero-order valence-electron chi connectivity index (χ0n) is 14.7. The molecule has 2 amide bonds. The molecule has 136 valence electrons. The number of urea groups is 1. The minimum Gasteiger partial charge on any atom is -0.476 e. The highest BCUT2D eigenvalue weighted by Crippen LogP contribution is 2.29. The van der Waals surface area contributed by atoms with Gasteiger partial charge in [-0.05, 0) is 30.9 Å². The summed E-state index contributed by atoms with van der Waals surface area (Å²) in [5.74, 6) is 0.742. The number of hydrogen-bond acceptors (Lipinski definition) is 5. The second-order valence-corrected chi connectivity index (χ2v) is 6.08. The van der Waals surface area contributed by atoms with E-state index in [4.69, 9.17) is 10.1 Å². The molecule has 3 rings (SSSR count). The first-order valence-corrected chi connectivity index (χ1v) is 8.70. The molecule has 4 N–H and O–H groups in total. The van der Waals surface area contributed by atoms with Crippen LogP contribution in [0, 0.1) is 5.41 Å². The molecule has 26 heavy (non-hydrogen) atoms. The molecule has 1 aliphatic heterocycles. The number of nitrogens with one attached hydrogen (secondary N) is 4. The Morgan fingerprint density at radius 2 is 2.12 bits per heavy atom. The molecule has 0 saturated heterocycles. The van der Waals surface area contributed by atoms with E-state index < -0.39 is 0 Å². The smallest absolute Gasteiger partial charge is 0.320 e. The number of nitrogens with zero attached hydrogens (tertiary/aromatic N) is 1. The van der Waals surface area contributed by atoms with Crippen LogP contribution in [0.4, 0.5) is 16.3 Å². The van der Waals surface area contributed by atoms with E-state index in [9.17, 15) is 4.79 Å². The van der Waals surface area contributed by atoms with E-state index >= 15 is 0 Å². The largest absolute Gasteiger partial charge is 0.476 e. The van der Waals surface area contributed by atoms with Crippen molar-refractivity contribution in [2.45, 2.75) is 25.3 Å². The topological polar surface area (TPSA) is 99.1 Å². The van der Waals surface area contributed by atoms with E-state index in [2.05, 4.69) is 20.9 Å². The lowest BCUT2D eigenvalue weighted by Gasteiger charge is -2.21. The van der Waals surface area contributed by atoms with Crippen molar-refractivity contribution in [2.75, 3.05) is 24.3 Å². The van der Waals surface area contributed by atoms with Crippen molar-refractivity contribution in [1.29, 1.82) is 5.41 Å². The summed E-state index contributed by atoms with van der Waals surface area (Å²) in [6, 6.07) is 11.2. The van der Waals surface area contributed by atoms with Gasteiger partial charge in [-0.1, -0.05) is 30.3 Å². The Bertz CT molecular complexity index is 779. The van der Waals surface area contributed by atoms with Gasteiger partial charge in [0.1, 0.15) is 11.5 Å². The maximum atomic E-state index is 12.5. The van der Waals surface area contributed by atoms with Gasteiger partial charge in [0.05, 0.1) is 12.6 Å². The predicted molar refractivity (Wildman–Crippen MR) is 102 cm³/mol. The van der Waals surface area contributed by atoms with Crippen LogP contribution >= 0.6 is 0 Å². The van der Waals surface area contributed by atoms with Crippen LogP contribution in [0.5, 0.6) is 5.88 Å². The Morgan fingerprint density at radius 3 is 2.85 bits per heavy atom. The maximum absolute atomic E-state index is 12.5. The SMILES string of the molecule is CNc1c(C=N)cc2nc1OCCCC[C@H](c1ccccc1)NC(=O)N2. The molecule has 0 spiro atoms. The van der Waals surface area contributed by atoms with E-state index in [0.29, 0.717) is 29.6 Å². The van der Waals surface area contributed by atoms with Gasteiger partial charge in [0.25, 0.3) is 0 Å². The number of anilines is 2. The number of hydrogen-bond donors (Lipinski definition) is 4. The van der Waals surface area contributed by atoms with Gasteiger partial charge in [-0.25, -0.2) is 4.79 Å². The third-order valence-electron chi connectivity index (χ3n) is 4.30. The molecule has 0 aliphatic carbocycles. The average molecular weight is 353 g/mol. The molecule has 2 heterocycles. The number of pyridine rings is 1. The highest BCUT2D eigenvalue weighted by atomic mass is 16.5. The monoisotopic (exact) mass is 353 g/mol. The number of carbonyl (C=O) groups is 1. The Kier molecular flexibility index (Phi) is 5.68. The van der Waals surface area contributed by atoms with Crippen LogP contribution in [0.25, 0.3) is 0 Å². The van der Waals surface area contributed by atoms with E-state index in [1.54, 1.807) is 13.1 Å². The van der Waals surface area contributed by atoms with Gasteiger partial charge in [-0.15, -0.1) is 0 Å². The van der Waals surface area contributed by atoms with E-state index in [1.165, 1.54) is 6.21 Å². The van der Waals surface area contributed by atoms with Gasteiger partial charge >= 0.3 is 6.03 Å². The number of amides is 2. The molecule has 7 heteroatoms. The van der Waals surface area contributed by atoms with Gasteiger partial charge in [-0.2, -0.15) is 4.98 Å². The van der Waals surface area contributed by atoms with E-state index in [1.807, 2.05) is 30.3 Å². The number of carbonyl (C=O) groups excluding carboxylic acids is 1. The Labute approximate surface area is 152 Å². The molecular weight excluding hydrogens is 330 g/mol. The van der Waals surface area contributed by atoms with E-state index in [0.717, 1.165) is 24.8 Å². The molecular formula is C19H23N5O2. The van der Waals surface area contributed by atoms with Gasteiger partial charge < -0.3 is 20.8 Å². The van der Waals surface area contributed by atoms with Crippen LogP contribution in [0.2, 0.25) is 0 Å². The van der Waals surface area contributed by atoms with Crippen LogP contribution < -0.4 is 20.7 Å². The number of ether oxygens (including phenoxy) is 1. The van der Waals surface area contributed by atoms with Crippen LogP contribution in [0.3, 0.4) is 0 Å². The Balaban J connectivity index is 1.88. The summed E-state index contributed by atoms with van der Waals surface area (Å²) in [5.41, 5.74) is 2.31. The van der Waals surface area contributed by atoms with Gasteiger partial charge in [-0.3, -0.25) is 5.32 Å². The fraction of sp³-hybridized carbons (Fsp3) is 0.316. The summed E-state index contributed by atoms with van der Waals surface area (Å²) in [6.45, 7) is 0.526. The zero-order chi connectivity index (χ0) is 18.4. The molecule has 1 aliphatic rings. The molecule has 1 aromatic heterocycles. The molecule has 1 atom stereocenters. The maximum Gasteiger partial charge on any atom is 0.320 e. The minimum atomic E-state index is -0.328. The van der Waals surface area contributed by atoms with Gasteiger partial charge in [0.2, 0.25) is 5.88 Å². The number of benzene rings is 1. The highest BCUT2D eigenvalue weighted by Gasteiger charge is 2.18. The average Bonchev–Trinajstić information content (AvgIpc) is 2.66. The molecule has 0 fully saturated rings. The number of aromatic nitrogens is 1. The van der Waals surface area contributed by atoms with Crippen LogP contribution in [-0.4, -0.2) is 30.9 Å². The van der Waals surface area contributed by atoms with Crippen molar-refractivity contribution < 1.29 is 9.53 Å². The second-order valence-electron chi connectivity index (χ2n) is 6.08. The van der Waals surface area contributed by atoms with Crippen molar-refractivity contribution in [2.24, 2.45) is 0 Å². The number of rotatable bonds is 3. The third-order valence-corrected chi connectivity index (χ3v) is 4.30. The lowest BCUT2D eigenvalue weighted by Crippen LogP contribution is -2.33. The summed E-state index contributed by atoms with van der Waals surface area (Å²) in [5, 5.41) is 16.4. The predicted octanol–water partition coefficient (Wildman–Crippen LogP) is 3.55. The summed E-state index contributed by atoms with van der Waals surface area (Å²) in [4.78, 5) is 16.8. The number of fused-ring (bicyclic) bond motifs is 2. The Morgan fingerprint density at radius 1 is 1.31 bits per heavy atom. The second kappa shape index (κ2) is 8.33. The van der Waals surface area contributed by atoms with Crippen LogP contribution in [0.1, 0.15) is 36.4 Å². The first-order chi connectivity index (χ1) is 12.7. The lowest BCUT2D eigenvalue weighted by molar-refractivity contribution is 0.246. The molecule has 2 aromatic rings. The minimum absolute atomic E-state index is 0.0751. The van der Waals surface area contributed by atoms with Crippen molar-refractivity contribution in [1.82, 2.24) is 10.3 Å². The molecule has 2 bridgehead atoms. The lowest BCUT2D eigenvalue weighted by atomic mass is 10.0. The molecule has 0 unspecified atom stereocenters. The highest BCUT2D eigenvalue weighted by molar-refractivity contribution is 5.93. The van der Waals surface area contributed by atoms with Crippen LogP contribution in [0.15, 0.2) is 36.4 Å². The fourth-order valence-corrected chi connectivity index (χ4v) is 3.01. The third kappa shape index (κ3) is 4.11. The fourth-order valence-electron chi connectivity index (χ4n) is 3.01. The summed E-state index contributed by atoms with van der Waals surface area (Å²) in [6.07, 6.45) is 3.79. The Hall–Kier alpha value is -3.09. The molecule has 1 aromatic carbocycles. The van der Waals surface area contributed by atoms with Crippen molar-refractivity contribution in [3.05, 3.63) is 47.5 Å². The summed E-state index contributed by atoms with van der Waals surface area (Å²) >= 11 is 0. The summed E-state index contributed by atoms with van der Waals surface area (Å²) in [7, 11) is 1.75. The molecule has 7 nitrogen and oxygen atoms in total. The van der Waals surface area contributed by atoms with Crippen molar-refractivity contribution in [3.8, 4) is 5.88 Å². The quantitative estimate of drug-likeness (QED) is 0.634. The van der Waals surface area contributed by atoms with Crippen molar-refractivity contribution in [3.63, 3.8) is 0 Å². The molecule has 0 radical (unpaired) electrons. The van der Waals surface area contributed by atoms with Gasteiger partial charge in [0, 0.05) is 18.8 Å². The standard InChI is InChI=1S/C19H23N5O2/c1-21-17-14(12-20)11-16-23-18(17)26-10-6-5-9-15(22-19(25)24-16)13-7-3-2-4-8-13/h2-4,7-8,11-12,15,20-21H,5-6,9-10H2,1H3,(H2,22,23,24,25)/t15-/m1/s1. The molecule has 0 saturated carbocycles. The first kappa shape index (κ1) is 17.7.